The third-order valence-electron chi connectivity index (χ3n) is 9.44. The van der Waals surface area contributed by atoms with Crippen LogP contribution in [0.25, 0.3) is 28.3 Å². The van der Waals surface area contributed by atoms with Gasteiger partial charge in [0.2, 0.25) is 5.95 Å². The van der Waals surface area contributed by atoms with Crippen molar-refractivity contribution in [3.8, 4) is 34.1 Å². The van der Waals surface area contributed by atoms with Crippen molar-refractivity contribution in [3.63, 3.8) is 0 Å². The molecule has 0 aliphatic carbocycles. The number of rotatable bonds is 12. The summed E-state index contributed by atoms with van der Waals surface area (Å²) >= 11 is 0. The lowest BCUT2D eigenvalue weighted by atomic mass is 10.0. The third-order valence-corrected chi connectivity index (χ3v) is 9.44. The van der Waals surface area contributed by atoms with E-state index in [0.717, 1.165) is 62.7 Å². The summed E-state index contributed by atoms with van der Waals surface area (Å²) < 4.78 is 47.4. The van der Waals surface area contributed by atoms with E-state index in [1.807, 2.05) is 40.9 Å². The average molecular weight is 735 g/mol. The molecule has 1 saturated heterocycles. The second-order valence-corrected chi connectivity index (χ2v) is 12.8. The fourth-order valence-corrected chi connectivity index (χ4v) is 6.66. The number of para-hydroxylation sites is 1. The maximum absolute atomic E-state index is 14.5. The first-order valence-corrected chi connectivity index (χ1v) is 17.4. The molecule has 4 heterocycles. The number of carbonyl (C=O) groups excluding carboxylic acids is 1. The highest BCUT2D eigenvalue weighted by molar-refractivity contribution is 6.07. The number of methoxy groups -OCH3 is 3. The molecule has 14 heteroatoms. The summed E-state index contributed by atoms with van der Waals surface area (Å²) in [6, 6.07) is 19.8. The second kappa shape index (κ2) is 15.9. The summed E-state index contributed by atoms with van der Waals surface area (Å²) in [5.74, 6) is -1.34. The van der Waals surface area contributed by atoms with Crippen molar-refractivity contribution >= 4 is 34.6 Å². The maximum Gasteiger partial charge on any atom is 0.259 e. The van der Waals surface area contributed by atoms with Gasteiger partial charge in [0.15, 0.2) is 0 Å². The van der Waals surface area contributed by atoms with Crippen LogP contribution in [0, 0.1) is 18.6 Å². The summed E-state index contributed by atoms with van der Waals surface area (Å²) in [6.07, 6.45) is 3.53. The topological polar surface area (TPSA) is 118 Å². The molecule has 2 N–H and O–H groups in total. The summed E-state index contributed by atoms with van der Waals surface area (Å²) in [5.41, 5.74) is 5.30. The first-order valence-electron chi connectivity index (χ1n) is 17.4. The molecule has 1 aliphatic heterocycles. The Kier molecular flexibility index (Phi) is 10.6. The van der Waals surface area contributed by atoms with Gasteiger partial charge in [-0.05, 0) is 67.1 Å². The second-order valence-electron chi connectivity index (χ2n) is 12.8. The van der Waals surface area contributed by atoms with Gasteiger partial charge in [-0.1, -0.05) is 12.1 Å². The van der Waals surface area contributed by atoms with Crippen molar-refractivity contribution in [1.82, 2.24) is 24.3 Å². The number of hydrogen-bond acceptors (Lipinski definition) is 10. The van der Waals surface area contributed by atoms with Gasteiger partial charge >= 0.3 is 0 Å². The Morgan fingerprint density at radius 2 is 1.65 bits per heavy atom. The van der Waals surface area contributed by atoms with Crippen LogP contribution in [0.4, 0.5) is 31.8 Å². The third kappa shape index (κ3) is 7.38. The Morgan fingerprint density at radius 3 is 2.39 bits per heavy atom. The van der Waals surface area contributed by atoms with Gasteiger partial charge in [0.25, 0.3) is 5.91 Å². The molecule has 1 amide bonds. The lowest BCUT2D eigenvalue weighted by Crippen LogP contribution is -2.47. The first kappa shape index (κ1) is 36.2. The number of ether oxygens (including phenoxy) is 3. The van der Waals surface area contributed by atoms with Crippen LogP contribution in [-0.4, -0.2) is 90.8 Å². The molecule has 6 aromatic rings. The molecule has 0 spiro atoms. The molecule has 0 bridgehead atoms. The molecule has 54 heavy (non-hydrogen) atoms. The number of anilines is 4. The van der Waals surface area contributed by atoms with Gasteiger partial charge in [-0.2, -0.15) is 0 Å². The quantitative estimate of drug-likeness (QED) is 0.139. The zero-order valence-electron chi connectivity index (χ0n) is 30.4. The van der Waals surface area contributed by atoms with E-state index < -0.39 is 23.2 Å². The van der Waals surface area contributed by atoms with Crippen molar-refractivity contribution < 1.29 is 27.8 Å². The lowest BCUT2D eigenvalue weighted by Gasteiger charge is -2.37. The number of nitrogens with one attached hydrogen (secondary N) is 2. The Morgan fingerprint density at radius 1 is 0.870 bits per heavy atom. The molecular formula is C40H40F2N8O4. The van der Waals surface area contributed by atoms with Gasteiger partial charge in [-0.3, -0.25) is 14.1 Å². The molecule has 3 aromatic heterocycles. The summed E-state index contributed by atoms with van der Waals surface area (Å²) in [5, 5.41) is 5.71. The van der Waals surface area contributed by atoms with Crippen LogP contribution >= 0.6 is 0 Å². The molecule has 12 nitrogen and oxygen atoms in total. The number of fused-ring (bicyclic) bond motifs is 1. The van der Waals surface area contributed by atoms with Crippen molar-refractivity contribution in [2.75, 3.05) is 76.2 Å². The number of amides is 1. The predicted molar refractivity (Wildman–Crippen MR) is 204 cm³/mol. The van der Waals surface area contributed by atoms with Crippen LogP contribution in [0.2, 0.25) is 0 Å². The van der Waals surface area contributed by atoms with Crippen LogP contribution in [-0.2, 0) is 4.74 Å². The lowest BCUT2D eigenvalue weighted by molar-refractivity contribution is 0.102. The molecule has 0 radical (unpaired) electrons. The minimum atomic E-state index is -0.898. The normalized spacial score (nSPS) is 13.3. The van der Waals surface area contributed by atoms with E-state index in [1.165, 1.54) is 13.2 Å². The number of benzene rings is 3. The van der Waals surface area contributed by atoms with E-state index >= 15 is 0 Å². The minimum absolute atomic E-state index is 0.0598. The summed E-state index contributed by atoms with van der Waals surface area (Å²) in [6.45, 7) is 7.43. The number of hydrogen-bond donors (Lipinski definition) is 2. The van der Waals surface area contributed by atoms with Gasteiger partial charge in [0.1, 0.15) is 34.5 Å². The molecular weight excluding hydrogens is 694 g/mol. The average Bonchev–Trinajstić information content (AvgIpc) is 3.58. The first-order chi connectivity index (χ1) is 26.3. The fraction of sp³-hybridized carbons (Fsp3) is 0.250. The Balaban J connectivity index is 1.21. The SMILES string of the molecule is COCCN1CCN(c2cc(OC)c(Nc3nccc(-c4c(-c5ccc(OC)c(C(=O)Nc6c(F)cccc6F)c5)nc5ccccn45)n3)cc2C)CC1. The largest absolute Gasteiger partial charge is 0.496 e. The van der Waals surface area contributed by atoms with Gasteiger partial charge in [0, 0.05) is 69.5 Å². The molecule has 1 aliphatic rings. The van der Waals surface area contributed by atoms with Gasteiger partial charge in [-0.15, -0.1) is 0 Å². The van der Waals surface area contributed by atoms with Crippen molar-refractivity contribution in [2.24, 2.45) is 0 Å². The van der Waals surface area contributed by atoms with E-state index in [9.17, 15) is 13.6 Å². The number of pyridine rings is 1. The van der Waals surface area contributed by atoms with Crippen molar-refractivity contribution in [1.29, 1.82) is 0 Å². The molecule has 0 atom stereocenters. The van der Waals surface area contributed by atoms with Gasteiger partial charge in [-0.25, -0.2) is 23.7 Å². The highest BCUT2D eigenvalue weighted by Crippen LogP contribution is 2.37. The molecule has 0 unspecified atom stereocenters. The molecule has 3 aromatic carbocycles. The standard InChI is InChI=1S/C40H40F2N8O4/c1-25-22-31(34(54-4)24-32(25)49-18-16-48(17-19-49)20-21-52-2)45-40-43-14-13-30(44-40)38-36(46-35-10-5-6-15-50(35)38)26-11-12-33(53-3)27(23-26)39(51)47-37-28(41)8-7-9-29(37)42/h5-15,22-24H,16-21H2,1-4H3,(H,47,51)(H,43,44,45). The van der Waals surface area contributed by atoms with Gasteiger partial charge in [0.05, 0.1) is 49.2 Å². The van der Waals surface area contributed by atoms with E-state index in [2.05, 4.69) is 32.3 Å². The van der Waals surface area contributed by atoms with Gasteiger partial charge < -0.3 is 29.7 Å². The van der Waals surface area contributed by atoms with Crippen LogP contribution in [0.3, 0.4) is 0 Å². The summed E-state index contributed by atoms with van der Waals surface area (Å²) in [7, 11) is 4.78. The zero-order valence-corrected chi connectivity index (χ0v) is 30.4. The van der Waals surface area contributed by atoms with Crippen LogP contribution in [0.15, 0.2) is 85.2 Å². The van der Waals surface area contributed by atoms with E-state index in [-0.39, 0.29) is 11.3 Å². The number of aromatic nitrogens is 4. The van der Waals surface area contributed by atoms with Crippen LogP contribution in [0.5, 0.6) is 11.5 Å². The Hall–Kier alpha value is -6.12. The number of aryl methyl sites for hydroxylation is 1. The zero-order chi connectivity index (χ0) is 37.8. The van der Waals surface area contributed by atoms with E-state index in [0.29, 0.717) is 45.7 Å². The van der Waals surface area contributed by atoms with Crippen LogP contribution in [0.1, 0.15) is 15.9 Å². The minimum Gasteiger partial charge on any atom is -0.496 e. The fourth-order valence-electron chi connectivity index (χ4n) is 6.66. The predicted octanol–water partition coefficient (Wildman–Crippen LogP) is 6.83. The number of imidazole rings is 1. The number of carbonyl (C=O) groups is 1. The van der Waals surface area contributed by atoms with Crippen molar-refractivity contribution in [2.45, 2.75) is 6.92 Å². The highest BCUT2D eigenvalue weighted by Gasteiger charge is 2.24. The van der Waals surface area contributed by atoms with E-state index in [4.69, 9.17) is 24.2 Å². The van der Waals surface area contributed by atoms with Crippen molar-refractivity contribution in [3.05, 3.63) is 108 Å². The van der Waals surface area contributed by atoms with Crippen LogP contribution < -0.4 is 25.0 Å². The molecule has 1 fully saturated rings. The maximum atomic E-state index is 14.5. The molecule has 7 rings (SSSR count). The summed E-state index contributed by atoms with van der Waals surface area (Å²) in [4.78, 5) is 32.6. The number of piperazine rings is 1. The molecule has 278 valence electrons. The highest BCUT2D eigenvalue weighted by atomic mass is 19.1. The Bertz CT molecular complexity index is 2290. The Labute approximate surface area is 311 Å². The van der Waals surface area contributed by atoms with E-state index in [1.54, 1.807) is 44.7 Å². The smallest absolute Gasteiger partial charge is 0.259 e. The monoisotopic (exact) mass is 734 g/mol. The number of halogens is 2. The molecule has 0 saturated carbocycles. The number of nitrogens with zero attached hydrogens (tertiary/aromatic N) is 6.